The number of rotatable bonds is 6. The zero-order chi connectivity index (χ0) is 19.1. The van der Waals surface area contributed by atoms with Gasteiger partial charge in [0.15, 0.2) is 12.8 Å². The van der Waals surface area contributed by atoms with Crippen LogP contribution in [0.5, 0.6) is 5.75 Å². The topological polar surface area (TPSA) is 46.1 Å². The number of nitrogens with zero attached hydrogens (tertiary/aromatic N) is 2. The van der Waals surface area contributed by atoms with Crippen LogP contribution in [0.3, 0.4) is 0 Å². The Hall–Kier alpha value is -2.60. The zero-order valence-corrected chi connectivity index (χ0v) is 15.9. The molecule has 1 heterocycles. The lowest BCUT2D eigenvalue weighted by Gasteiger charge is -2.23. The number of fused-ring (bicyclic) bond motifs is 1. The van der Waals surface area contributed by atoms with Crippen molar-refractivity contribution in [2.45, 2.75) is 26.5 Å². The Kier molecular flexibility index (Phi) is 6.65. The Labute approximate surface area is 159 Å². The Morgan fingerprint density at radius 2 is 2.07 bits per heavy atom. The Morgan fingerprint density at radius 3 is 2.85 bits per heavy atom. The number of hydrogen-bond donors (Lipinski definition) is 1. The van der Waals surface area contributed by atoms with Crippen LogP contribution < -0.4 is 10.1 Å². The minimum Gasteiger partial charge on any atom is -0.467 e. The van der Waals surface area contributed by atoms with Gasteiger partial charge in [-0.25, -0.2) is 4.39 Å². The predicted molar refractivity (Wildman–Crippen MR) is 104 cm³/mol. The average Bonchev–Trinajstić information content (AvgIpc) is 2.68. The molecule has 0 saturated heterocycles. The summed E-state index contributed by atoms with van der Waals surface area (Å²) in [6.07, 6.45) is 0.605. The second-order valence-corrected chi connectivity index (χ2v) is 6.49. The quantitative estimate of drug-likeness (QED) is 0.625. The van der Waals surface area contributed by atoms with Crippen LogP contribution in [0.15, 0.2) is 47.5 Å². The van der Waals surface area contributed by atoms with Gasteiger partial charge in [0.1, 0.15) is 11.6 Å². The molecule has 5 nitrogen and oxygen atoms in total. The van der Waals surface area contributed by atoms with Crippen LogP contribution in [0, 0.1) is 5.82 Å². The molecule has 27 heavy (non-hydrogen) atoms. The van der Waals surface area contributed by atoms with Crippen molar-refractivity contribution in [3.63, 3.8) is 0 Å². The summed E-state index contributed by atoms with van der Waals surface area (Å²) >= 11 is 0. The SMILES string of the molecule is CCNC(=NCCc1cc(F)cc2c1OCOC2)N(C)Cc1ccccc1. The minimum absolute atomic E-state index is 0.206. The normalized spacial score (nSPS) is 13.7. The van der Waals surface area contributed by atoms with E-state index in [1.165, 1.54) is 17.7 Å². The largest absolute Gasteiger partial charge is 0.467 e. The second-order valence-electron chi connectivity index (χ2n) is 6.49. The molecule has 0 fully saturated rings. The van der Waals surface area contributed by atoms with Crippen molar-refractivity contribution in [3.05, 3.63) is 65.0 Å². The summed E-state index contributed by atoms with van der Waals surface area (Å²) in [4.78, 5) is 6.79. The van der Waals surface area contributed by atoms with Crippen molar-refractivity contribution >= 4 is 5.96 Å². The molecule has 0 radical (unpaired) electrons. The summed E-state index contributed by atoms with van der Waals surface area (Å²) in [7, 11) is 2.01. The predicted octanol–water partition coefficient (Wildman–Crippen LogP) is 3.33. The van der Waals surface area contributed by atoms with E-state index >= 15 is 0 Å². The summed E-state index contributed by atoms with van der Waals surface area (Å²) < 4.78 is 24.7. The van der Waals surface area contributed by atoms with Crippen LogP contribution in [0.4, 0.5) is 4.39 Å². The standard InChI is InChI=1S/C21H26FN3O2/c1-3-23-21(25(2)13-16-7-5-4-6-8-16)24-10-9-17-11-19(22)12-18-14-26-15-27-20(17)18/h4-8,11-12H,3,9-10,13-15H2,1-2H3,(H,23,24). The summed E-state index contributed by atoms with van der Waals surface area (Å²) in [6, 6.07) is 13.3. The summed E-state index contributed by atoms with van der Waals surface area (Å²) in [5, 5.41) is 3.31. The molecule has 6 heteroatoms. The Morgan fingerprint density at radius 1 is 1.26 bits per heavy atom. The van der Waals surface area contributed by atoms with Crippen LogP contribution in [0.1, 0.15) is 23.6 Å². The molecular formula is C21H26FN3O2. The van der Waals surface area contributed by atoms with E-state index in [0.29, 0.717) is 19.6 Å². The molecule has 0 aromatic heterocycles. The summed E-state index contributed by atoms with van der Waals surface area (Å²) in [6.45, 7) is 4.73. The van der Waals surface area contributed by atoms with Gasteiger partial charge in [-0.1, -0.05) is 30.3 Å². The van der Waals surface area contributed by atoms with Crippen molar-refractivity contribution in [1.82, 2.24) is 10.2 Å². The average molecular weight is 371 g/mol. The lowest BCUT2D eigenvalue weighted by atomic mass is 10.1. The molecule has 3 rings (SSSR count). The van der Waals surface area contributed by atoms with Gasteiger partial charge in [0.25, 0.3) is 0 Å². The summed E-state index contributed by atoms with van der Waals surface area (Å²) in [5.74, 6) is 1.30. The van der Waals surface area contributed by atoms with Gasteiger partial charge < -0.3 is 19.7 Å². The van der Waals surface area contributed by atoms with Crippen molar-refractivity contribution in [3.8, 4) is 5.75 Å². The van der Waals surface area contributed by atoms with Crippen LogP contribution in [0.2, 0.25) is 0 Å². The number of aliphatic imine (C=N–C) groups is 1. The van der Waals surface area contributed by atoms with E-state index in [2.05, 4.69) is 22.3 Å². The highest BCUT2D eigenvalue weighted by Gasteiger charge is 2.16. The monoisotopic (exact) mass is 371 g/mol. The molecule has 0 unspecified atom stereocenters. The van der Waals surface area contributed by atoms with E-state index in [9.17, 15) is 4.39 Å². The molecule has 1 N–H and O–H groups in total. The lowest BCUT2D eigenvalue weighted by molar-refractivity contribution is -0.0172. The molecule has 0 aliphatic carbocycles. The maximum Gasteiger partial charge on any atom is 0.193 e. The Bertz CT molecular complexity index is 780. The molecule has 0 spiro atoms. The van der Waals surface area contributed by atoms with Gasteiger partial charge in [-0.3, -0.25) is 4.99 Å². The van der Waals surface area contributed by atoms with Crippen molar-refractivity contribution < 1.29 is 13.9 Å². The van der Waals surface area contributed by atoms with Gasteiger partial charge in [0.05, 0.1) is 6.61 Å². The molecule has 2 aromatic rings. The van der Waals surface area contributed by atoms with E-state index in [-0.39, 0.29) is 12.6 Å². The first-order valence-corrected chi connectivity index (χ1v) is 9.22. The molecule has 1 aliphatic rings. The number of ether oxygens (including phenoxy) is 2. The highest BCUT2D eigenvalue weighted by Crippen LogP contribution is 2.29. The maximum atomic E-state index is 13.9. The van der Waals surface area contributed by atoms with Gasteiger partial charge in [-0.05, 0) is 36.6 Å². The van der Waals surface area contributed by atoms with Gasteiger partial charge in [-0.15, -0.1) is 0 Å². The fraction of sp³-hybridized carbons (Fsp3) is 0.381. The third-order valence-electron chi connectivity index (χ3n) is 4.35. The third-order valence-corrected chi connectivity index (χ3v) is 4.35. The second kappa shape index (κ2) is 9.37. The van der Waals surface area contributed by atoms with Crippen LogP contribution in [-0.4, -0.2) is 37.8 Å². The van der Waals surface area contributed by atoms with Crippen LogP contribution >= 0.6 is 0 Å². The van der Waals surface area contributed by atoms with Crippen molar-refractivity contribution in [2.75, 3.05) is 26.9 Å². The molecule has 144 valence electrons. The number of halogens is 1. The van der Waals surface area contributed by atoms with E-state index in [4.69, 9.17) is 14.5 Å². The molecule has 0 saturated carbocycles. The highest BCUT2D eigenvalue weighted by molar-refractivity contribution is 5.79. The molecular weight excluding hydrogens is 345 g/mol. The van der Waals surface area contributed by atoms with Gasteiger partial charge in [0.2, 0.25) is 0 Å². The Balaban J connectivity index is 1.68. The van der Waals surface area contributed by atoms with Gasteiger partial charge in [0, 0.05) is 32.2 Å². The van der Waals surface area contributed by atoms with Gasteiger partial charge in [-0.2, -0.15) is 0 Å². The number of guanidine groups is 1. The molecule has 0 atom stereocenters. The lowest BCUT2D eigenvalue weighted by Crippen LogP contribution is -2.38. The van der Waals surface area contributed by atoms with E-state index < -0.39 is 0 Å². The van der Waals surface area contributed by atoms with E-state index in [1.807, 2.05) is 32.2 Å². The fourth-order valence-corrected chi connectivity index (χ4v) is 3.13. The molecule has 2 aromatic carbocycles. The number of hydrogen-bond acceptors (Lipinski definition) is 3. The smallest absolute Gasteiger partial charge is 0.193 e. The zero-order valence-electron chi connectivity index (χ0n) is 15.9. The maximum absolute atomic E-state index is 13.9. The van der Waals surface area contributed by atoms with E-state index in [1.54, 1.807) is 0 Å². The highest BCUT2D eigenvalue weighted by atomic mass is 19.1. The molecule has 0 amide bonds. The first-order chi connectivity index (χ1) is 13.2. The van der Waals surface area contributed by atoms with Crippen molar-refractivity contribution in [2.24, 2.45) is 4.99 Å². The van der Waals surface area contributed by atoms with Crippen LogP contribution in [0.25, 0.3) is 0 Å². The minimum atomic E-state index is -0.269. The first kappa shape index (κ1) is 19.2. The molecule has 0 bridgehead atoms. The molecule has 1 aliphatic heterocycles. The first-order valence-electron chi connectivity index (χ1n) is 9.22. The summed E-state index contributed by atoms with van der Waals surface area (Å²) in [5.41, 5.74) is 2.81. The van der Waals surface area contributed by atoms with Crippen LogP contribution in [-0.2, 0) is 24.3 Å². The number of nitrogens with one attached hydrogen (secondary N) is 1. The van der Waals surface area contributed by atoms with Crippen molar-refractivity contribution in [1.29, 1.82) is 0 Å². The number of benzene rings is 2. The van der Waals surface area contributed by atoms with E-state index in [0.717, 1.165) is 35.9 Å². The fourth-order valence-electron chi connectivity index (χ4n) is 3.13. The third kappa shape index (κ3) is 5.20. The van der Waals surface area contributed by atoms with Gasteiger partial charge >= 0.3 is 0 Å².